The second-order valence-electron chi connectivity index (χ2n) is 6.43. The summed E-state index contributed by atoms with van der Waals surface area (Å²) < 4.78 is 0. The SMILES string of the molecule is N#C[C@@H](C(=O)C1=NO[C@@H](c2ccccc2)C1)C(=O)c1c[nH]c2cc(Cl)ccc12. The normalized spacial score (nSPS) is 16.9. The molecule has 1 N–H and O–H groups in total. The summed E-state index contributed by atoms with van der Waals surface area (Å²) >= 11 is 5.96. The maximum Gasteiger partial charge on any atom is 0.205 e. The number of oxime groups is 1. The molecule has 0 saturated heterocycles. The molecule has 0 fully saturated rings. The van der Waals surface area contributed by atoms with Crippen LogP contribution in [0.1, 0.15) is 28.4 Å². The van der Waals surface area contributed by atoms with Crippen LogP contribution in [0, 0.1) is 17.2 Å². The van der Waals surface area contributed by atoms with Crippen LogP contribution in [-0.4, -0.2) is 22.3 Å². The number of hydrogen-bond acceptors (Lipinski definition) is 5. The lowest BCUT2D eigenvalue weighted by Gasteiger charge is -2.08. The van der Waals surface area contributed by atoms with E-state index in [4.69, 9.17) is 16.4 Å². The maximum absolute atomic E-state index is 12.9. The fraction of sp³-hybridized carbons (Fsp3) is 0.143. The van der Waals surface area contributed by atoms with Gasteiger partial charge in [-0.1, -0.05) is 53.2 Å². The van der Waals surface area contributed by atoms with Crippen molar-refractivity contribution in [3.8, 4) is 6.07 Å². The number of nitrogens with zero attached hydrogens (tertiary/aromatic N) is 2. The molecular formula is C21H14ClN3O3. The van der Waals surface area contributed by atoms with Crippen molar-refractivity contribution in [3.05, 3.63) is 70.9 Å². The number of rotatable bonds is 5. The maximum atomic E-state index is 12.9. The summed E-state index contributed by atoms with van der Waals surface area (Å²) in [5.41, 5.74) is 1.90. The van der Waals surface area contributed by atoms with Gasteiger partial charge in [0.1, 0.15) is 5.71 Å². The third-order valence-corrected chi connectivity index (χ3v) is 4.92. The van der Waals surface area contributed by atoms with Crippen LogP contribution < -0.4 is 0 Å². The van der Waals surface area contributed by atoms with Crippen molar-refractivity contribution in [2.45, 2.75) is 12.5 Å². The van der Waals surface area contributed by atoms with E-state index in [1.54, 1.807) is 18.2 Å². The Morgan fingerprint density at radius 2 is 2.00 bits per heavy atom. The molecular weight excluding hydrogens is 378 g/mol. The summed E-state index contributed by atoms with van der Waals surface area (Å²) in [6.07, 6.45) is 1.31. The average Bonchev–Trinajstić information content (AvgIpc) is 3.36. The van der Waals surface area contributed by atoms with Crippen molar-refractivity contribution >= 4 is 39.8 Å². The quantitative estimate of drug-likeness (QED) is 0.520. The Bertz CT molecular complexity index is 1140. The summed E-state index contributed by atoms with van der Waals surface area (Å²) in [5, 5.41) is 14.5. The predicted octanol–water partition coefficient (Wildman–Crippen LogP) is 4.23. The van der Waals surface area contributed by atoms with Gasteiger partial charge < -0.3 is 9.82 Å². The third kappa shape index (κ3) is 3.17. The topological polar surface area (TPSA) is 95.3 Å². The number of nitrogens with one attached hydrogen (secondary N) is 1. The monoisotopic (exact) mass is 391 g/mol. The number of hydrogen-bond donors (Lipinski definition) is 1. The highest BCUT2D eigenvalue weighted by Crippen LogP contribution is 2.29. The molecule has 0 unspecified atom stereocenters. The van der Waals surface area contributed by atoms with Crippen LogP contribution in [0.25, 0.3) is 10.9 Å². The lowest BCUT2D eigenvalue weighted by Crippen LogP contribution is -2.28. The molecule has 7 heteroatoms. The number of benzene rings is 2. The van der Waals surface area contributed by atoms with Crippen molar-refractivity contribution in [2.75, 3.05) is 0 Å². The Morgan fingerprint density at radius 1 is 1.21 bits per heavy atom. The molecule has 0 amide bonds. The first-order valence-corrected chi connectivity index (χ1v) is 8.98. The van der Waals surface area contributed by atoms with E-state index < -0.39 is 23.6 Å². The molecule has 138 valence electrons. The third-order valence-electron chi connectivity index (χ3n) is 4.69. The average molecular weight is 392 g/mol. The van der Waals surface area contributed by atoms with Crippen molar-refractivity contribution in [1.82, 2.24) is 4.98 Å². The molecule has 6 nitrogen and oxygen atoms in total. The van der Waals surface area contributed by atoms with E-state index in [-0.39, 0.29) is 17.7 Å². The van der Waals surface area contributed by atoms with Gasteiger partial charge in [0.2, 0.25) is 5.78 Å². The van der Waals surface area contributed by atoms with E-state index >= 15 is 0 Å². The Kier molecular flexibility index (Phi) is 4.68. The van der Waals surface area contributed by atoms with Gasteiger partial charge in [0, 0.05) is 34.1 Å². The molecule has 4 rings (SSSR count). The zero-order valence-corrected chi connectivity index (χ0v) is 15.3. The van der Waals surface area contributed by atoms with E-state index in [1.165, 1.54) is 6.20 Å². The van der Waals surface area contributed by atoms with Crippen LogP contribution >= 0.6 is 11.6 Å². The number of H-pyrrole nitrogens is 1. The molecule has 2 aromatic carbocycles. The van der Waals surface area contributed by atoms with Gasteiger partial charge in [-0.2, -0.15) is 5.26 Å². The fourth-order valence-electron chi connectivity index (χ4n) is 3.23. The van der Waals surface area contributed by atoms with Crippen LogP contribution in [-0.2, 0) is 9.63 Å². The number of halogens is 1. The number of ketones is 2. The second kappa shape index (κ2) is 7.29. The summed E-state index contributed by atoms with van der Waals surface area (Å²) in [4.78, 5) is 34.0. The Morgan fingerprint density at radius 3 is 2.75 bits per heavy atom. The zero-order valence-electron chi connectivity index (χ0n) is 14.6. The minimum Gasteiger partial charge on any atom is -0.387 e. The largest absolute Gasteiger partial charge is 0.387 e. The summed E-state index contributed by atoms with van der Waals surface area (Å²) in [6.45, 7) is 0. The minimum absolute atomic E-state index is 0.0941. The van der Waals surface area contributed by atoms with Crippen LogP contribution in [0.15, 0.2) is 59.9 Å². The molecule has 28 heavy (non-hydrogen) atoms. The molecule has 3 aromatic rings. The van der Waals surface area contributed by atoms with Crippen molar-refractivity contribution in [2.24, 2.45) is 11.1 Å². The van der Waals surface area contributed by atoms with Crippen LogP contribution in [0.4, 0.5) is 0 Å². The first-order valence-electron chi connectivity index (χ1n) is 8.61. The highest BCUT2D eigenvalue weighted by Gasteiger charge is 2.36. The molecule has 0 spiro atoms. The number of aromatic nitrogens is 1. The van der Waals surface area contributed by atoms with Gasteiger partial charge in [0.15, 0.2) is 17.8 Å². The number of nitriles is 1. The summed E-state index contributed by atoms with van der Waals surface area (Å²) in [6, 6.07) is 16.2. The number of fused-ring (bicyclic) bond motifs is 1. The van der Waals surface area contributed by atoms with Gasteiger partial charge in [-0.15, -0.1) is 0 Å². The molecule has 1 aromatic heterocycles. The Balaban J connectivity index is 1.56. The smallest absolute Gasteiger partial charge is 0.205 e. The van der Waals surface area contributed by atoms with Crippen molar-refractivity contribution in [1.29, 1.82) is 5.26 Å². The number of Topliss-reactive ketones (excluding diaryl/α,β-unsaturated/α-hetero) is 2. The molecule has 2 heterocycles. The molecule has 0 radical (unpaired) electrons. The standard InChI is InChI=1S/C21H14ClN3O3/c22-13-6-7-14-16(11-24-17(14)8-13)20(26)15(10-23)21(27)18-9-19(28-25-18)12-4-2-1-3-5-12/h1-8,11,15,19,24H,9H2/t15-,19-/m1/s1. The summed E-state index contributed by atoms with van der Waals surface area (Å²) in [7, 11) is 0. The Labute approximate surface area is 165 Å². The van der Waals surface area contributed by atoms with Gasteiger partial charge in [-0.25, -0.2) is 0 Å². The molecule has 0 saturated carbocycles. The lowest BCUT2D eigenvalue weighted by molar-refractivity contribution is -0.114. The molecule has 0 aliphatic carbocycles. The second-order valence-corrected chi connectivity index (χ2v) is 6.87. The first kappa shape index (κ1) is 18.0. The van der Waals surface area contributed by atoms with E-state index in [9.17, 15) is 14.9 Å². The lowest BCUT2D eigenvalue weighted by atomic mass is 9.90. The minimum atomic E-state index is -1.48. The van der Waals surface area contributed by atoms with Crippen LogP contribution in [0.5, 0.6) is 0 Å². The van der Waals surface area contributed by atoms with E-state index in [0.29, 0.717) is 15.9 Å². The van der Waals surface area contributed by atoms with E-state index in [0.717, 1.165) is 5.56 Å². The number of carbonyl (C=O) groups is 2. The Hall–Kier alpha value is -3.43. The van der Waals surface area contributed by atoms with Gasteiger partial charge in [0.25, 0.3) is 0 Å². The van der Waals surface area contributed by atoms with Crippen LogP contribution in [0.2, 0.25) is 5.02 Å². The molecule has 0 bridgehead atoms. The summed E-state index contributed by atoms with van der Waals surface area (Å²) in [5.74, 6) is -2.69. The van der Waals surface area contributed by atoms with Crippen molar-refractivity contribution < 1.29 is 14.4 Å². The van der Waals surface area contributed by atoms with Crippen molar-refractivity contribution in [3.63, 3.8) is 0 Å². The zero-order chi connectivity index (χ0) is 19.7. The number of carbonyl (C=O) groups excluding carboxylic acids is 2. The number of aromatic amines is 1. The van der Waals surface area contributed by atoms with Crippen LogP contribution in [0.3, 0.4) is 0 Å². The fourth-order valence-corrected chi connectivity index (χ4v) is 3.40. The molecule has 1 aliphatic rings. The highest BCUT2D eigenvalue weighted by molar-refractivity contribution is 6.46. The first-order chi connectivity index (χ1) is 13.6. The van der Waals surface area contributed by atoms with Gasteiger partial charge in [0.05, 0.1) is 6.07 Å². The van der Waals surface area contributed by atoms with Gasteiger partial charge >= 0.3 is 0 Å². The molecule has 1 aliphatic heterocycles. The van der Waals surface area contributed by atoms with E-state index in [1.807, 2.05) is 36.4 Å². The van der Waals surface area contributed by atoms with Gasteiger partial charge in [-0.05, 0) is 17.7 Å². The highest BCUT2D eigenvalue weighted by atomic mass is 35.5. The molecule has 2 atom stereocenters. The van der Waals surface area contributed by atoms with Gasteiger partial charge in [-0.3, -0.25) is 9.59 Å². The van der Waals surface area contributed by atoms with E-state index in [2.05, 4.69) is 10.1 Å². The predicted molar refractivity (Wildman–Crippen MR) is 104 cm³/mol.